The molecule has 2 rings (SSSR count). The van der Waals surface area contributed by atoms with Crippen molar-refractivity contribution >= 4 is 23.5 Å². The molecule has 1 amide bonds. The number of nitrogens with one attached hydrogen (secondary N) is 1. The normalized spacial score (nSPS) is 9.21. The van der Waals surface area contributed by atoms with Gasteiger partial charge in [0.25, 0.3) is 5.91 Å². The van der Waals surface area contributed by atoms with E-state index in [9.17, 15) is 4.79 Å². The number of carboxylic acid groups (broad SMARTS) is 2. The Morgan fingerprint density at radius 2 is 1.62 bits per heavy atom. The van der Waals surface area contributed by atoms with Crippen molar-refractivity contribution in [3.05, 3.63) is 48.3 Å². The second-order valence-corrected chi connectivity index (χ2v) is 4.24. The Labute approximate surface area is 136 Å². The molecule has 24 heavy (non-hydrogen) atoms. The van der Waals surface area contributed by atoms with Gasteiger partial charge in [-0.2, -0.15) is 0 Å². The van der Waals surface area contributed by atoms with Crippen molar-refractivity contribution in [2.45, 2.75) is 0 Å². The van der Waals surface area contributed by atoms with Crippen LogP contribution in [0.3, 0.4) is 0 Å². The summed E-state index contributed by atoms with van der Waals surface area (Å²) < 4.78 is 5.59. The van der Waals surface area contributed by atoms with E-state index in [1.807, 2.05) is 0 Å². The quantitative estimate of drug-likeness (QED) is 0.479. The minimum absolute atomic E-state index is 0.252. The van der Waals surface area contributed by atoms with Gasteiger partial charge in [-0.3, -0.25) is 9.78 Å². The fourth-order valence-corrected chi connectivity index (χ4v) is 1.40. The van der Waals surface area contributed by atoms with Crippen LogP contribution in [0.15, 0.2) is 42.6 Å². The number of anilines is 1. The number of rotatable bonds is 3. The lowest BCUT2D eigenvalue weighted by molar-refractivity contribution is -0.159. The van der Waals surface area contributed by atoms with Gasteiger partial charge in [0.1, 0.15) is 17.2 Å². The standard InChI is InChI=1S/C13H13N3O2.C2H2O4/c1-15-13(17)12-8-11(6-7-16-12)18-10-4-2-9(14)3-5-10;3-1(4)2(5)6/h2-8H,14H2,1H3,(H,15,17);(H,3,4)(H,5,6). The number of ether oxygens (including phenoxy) is 1. The Bertz CT molecular complexity index is 718. The highest BCUT2D eigenvalue weighted by atomic mass is 16.5. The minimum atomic E-state index is -1.82. The number of amides is 1. The molecule has 9 heteroatoms. The lowest BCUT2D eigenvalue weighted by Gasteiger charge is -2.06. The molecule has 0 saturated carbocycles. The number of nitrogen functional groups attached to an aromatic ring is 1. The zero-order chi connectivity index (χ0) is 18.1. The van der Waals surface area contributed by atoms with Crippen LogP contribution in [0, 0.1) is 0 Å². The maximum absolute atomic E-state index is 11.4. The molecule has 9 nitrogen and oxygen atoms in total. The van der Waals surface area contributed by atoms with E-state index < -0.39 is 11.9 Å². The highest BCUT2D eigenvalue weighted by Gasteiger charge is 2.06. The molecule has 0 saturated heterocycles. The molecule has 0 aliphatic carbocycles. The topological polar surface area (TPSA) is 152 Å². The summed E-state index contributed by atoms with van der Waals surface area (Å²) in [5.41, 5.74) is 6.56. The lowest BCUT2D eigenvalue weighted by Crippen LogP contribution is -2.18. The van der Waals surface area contributed by atoms with Gasteiger partial charge in [-0.25, -0.2) is 9.59 Å². The number of carbonyl (C=O) groups excluding carboxylic acids is 1. The van der Waals surface area contributed by atoms with Crippen LogP contribution in [0.4, 0.5) is 5.69 Å². The molecule has 1 heterocycles. The number of hydrogen-bond acceptors (Lipinski definition) is 6. The van der Waals surface area contributed by atoms with E-state index in [0.717, 1.165) is 0 Å². The Morgan fingerprint density at radius 3 is 2.12 bits per heavy atom. The predicted molar refractivity (Wildman–Crippen MR) is 83.8 cm³/mol. The lowest BCUT2D eigenvalue weighted by atomic mass is 10.3. The van der Waals surface area contributed by atoms with Crippen molar-refractivity contribution in [2.75, 3.05) is 12.8 Å². The zero-order valence-electron chi connectivity index (χ0n) is 12.6. The molecular weight excluding hydrogens is 318 g/mol. The first kappa shape index (κ1) is 18.4. The van der Waals surface area contributed by atoms with Gasteiger partial charge in [0.05, 0.1) is 0 Å². The van der Waals surface area contributed by atoms with Crippen molar-refractivity contribution in [1.29, 1.82) is 0 Å². The van der Waals surface area contributed by atoms with Crippen LogP contribution in [0.1, 0.15) is 10.5 Å². The van der Waals surface area contributed by atoms with Crippen LogP contribution in [-0.4, -0.2) is 40.1 Å². The third-order valence-corrected chi connectivity index (χ3v) is 2.49. The molecule has 5 N–H and O–H groups in total. The second kappa shape index (κ2) is 8.73. The summed E-state index contributed by atoms with van der Waals surface area (Å²) in [5.74, 6) is -2.70. The summed E-state index contributed by atoms with van der Waals surface area (Å²) in [6, 6.07) is 10.3. The maximum atomic E-state index is 11.4. The van der Waals surface area contributed by atoms with Crippen LogP contribution in [0.2, 0.25) is 0 Å². The van der Waals surface area contributed by atoms with E-state index >= 15 is 0 Å². The van der Waals surface area contributed by atoms with Gasteiger partial charge < -0.3 is 26.0 Å². The van der Waals surface area contributed by atoms with E-state index in [0.29, 0.717) is 22.9 Å². The van der Waals surface area contributed by atoms with Crippen LogP contribution >= 0.6 is 0 Å². The summed E-state index contributed by atoms with van der Waals surface area (Å²) in [6.45, 7) is 0. The summed E-state index contributed by atoms with van der Waals surface area (Å²) in [7, 11) is 1.55. The van der Waals surface area contributed by atoms with Crippen molar-refractivity contribution in [1.82, 2.24) is 10.3 Å². The molecule has 0 fully saturated rings. The molecule has 0 radical (unpaired) electrons. The van der Waals surface area contributed by atoms with Gasteiger partial charge in [-0.1, -0.05) is 0 Å². The van der Waals surface area contributed by atoms with Crippen LogP contribution in [0.5, 0.6) is 11.5 Å². The molecule has 0 unspecified atom stereocenters. The van der Waals surface area contributed by atoms with Crippen molar-refractivity contribution < 1.29 is 29.3 Å². The maximum Gasteiger partial charge on any atom is 0.414 e. The van der Waals surface area contributed by atoms with E-state index in [4.69, 9.17) is 30.3 Å². The Kier molecular flexibility index (Phi) is 6.71. The van der Waals surface area contributed by atoms with E-state index in [1.54, 1.807) is 43.4 Å². The summed E-state index contributed by atoms with van der Waals surface area (Å²) in [5, 5.41) is 17.3. The Balaban J connectivity index is 0.000000413. The predicted octanol–water partition coefficient (Wildman–Crippen LogP) is 0.971. The van der Waals surface area contributed by atoms with E-state index in [1.165, 1.54) is 6.20 Å². The van der Waals surface area contributed by atoms with Crippen molar-refractivity contribution in [2.24, 2.45) is 0 Å². The van der Waals surface area contributed by atoms with Gasteiger partial charge in [-0.15, -0.1) is 0 Å². The number of hydrogen-bond donors (Lipinski definition) is 4. The van der Waals surface area contributed by atoms with Crippen LogP contribution in [-0.2, 0) is 9.59 Å². The van der Waals surface area contributed by atoms with Crippen LogP contribution in [0.25, 0.3) is 0 Å². The Hall–Kier alpha value is -3.62. The number of carbonyl (C=O) groups is 3. The smallest absolute Gasteiger partial charge is 0.414 e. The number of aromatic nitrogens is 1. The third-order valence-electron chi connectivity index (χ3n) is 2.49. The van der Waals surface area contributed by atoms with Crippen molar-refractivity contribution in [3.63, 3.8) is 0 Å². The average molecular weight is 333 g/mol. The van der Waals surface area contributed by atoms with Gasteiger partial charge in [0.15, 0.2) is 0 Å². The molecule has 1 aromatic carbocycles. The fourth-order valence-electron chi connectivity index (χ4n) is 1.40. The number of nitrogens with two attached hydrogens (primary N) is 1. The first-order valence-corrected chi connectivity index (χ1v) is 6.51. The summed E-state index contributed by atoms with van der Waals surface area (Å²) in [6.07, 6.45) is 1.53. The highest BCUT2D eigenvalue weighted by Crippen LogP contribution is 2.22. The molecule has 126 valence electrons. The fraction of sp³-hybridized carbons (Fsp3) is 0.0667. The molecule has 2 aromatic rings. The number of aliphatic carboxylic acids is 2. The summed E-state index contributed by atoms with van der Waals surface area (Å²) in [4.78, 5) is 33.6. The number of benzene rings is 1. The first-order chi connectivity index (χ1) is 11.3. The number of carboxylic acids is 2. The zero-order valence-corrected chi connectivity index (χ0v) is 12.6. The highest BCUT2D eigenvalue weighted by molar-refractivity contribution is 6.27. The monoisotopic (exact) mass is 333 g/mol. The van der Waals surface area contributed by atoms with Gasteiger partial charge >= 0.3 is 11.9 Å². The molecule has 1 aromatic heterocycles. The SMILES string of the molecule is CNC(=O)c1cc(Oc2ccc(N)cc2)ccn1.O=C(O)C(=O)O. The van der Waals surface area contributed by atoms with Gasteiger partial charge in [0.2, 0.25) is 0 Å². The van der Waals surface area contributed by atoms with Crippen LogP contribution < -0.4 is 15.8 Å². The molecular formula is C15H15N3O6. The average Bonchev–Trinajstić information content (AvgIpc) is 2.57. The van der Waals surface area contributed by atoms with E-state index in [-0.39, 0.29) is 5.91 Å². The molecule has 0 bridgehead atoms. The van der Waals surface area contributed by atoms with Gasteiger partial charge in [0, 0.05) is 25.0 Å². The molecule has 0 spiro atoms. The molecule has 0 aliphatic rings. The van der Waals surface area contributed by atoms with Gasteiger partial charge in [-0.05, 0) is 30.3 Å². The largest absolute Gasteiger partial charge is 0.473 e. The molecule has 0 aliphatic heterocycles. The van der Waals surface area contributed by atoms with E-state index in [2.05, 4.69) is 10.3 Å². The number of nitrogens with zero attached hydrogens (tertiary/aromatic N) is 1. The van der Waals surface area contributed by atoms with Crippen molar-refractivity contribution in [3.8, 4) is 11.5 Å². The third kappa shape index (κ3) is 6.02. The number of pyridine rings is 1. The summed E-state index contributed by atoms with van der Waals surface area (Å²) >= 11 is 0. The molecule has 0 atom stereocenters. The second-order valence-electron chi connectivity index (χ2n) is 4.24. The Morgan fingerprint density at radius 1 is 1.04 bits per heavy atom. The first-order valence-electron chi connectivity index (χ1n) is 6.51. The minimum Gasteiger partial charge on any atom is -0.473 e.